The van der Waals surface area contributed by atoms with E-state index in [0.29, 0.717) is 34.4 Å². The highest BCUT2D eigenvalue weighted by Crippen LogP contribution is 2.32. The maximum atomic E-state index is 12.5. The molecule has 0 saturated carbocycles. The van der Waals surface area contributed by atoms with Crippen molar-refractivity contribution < 1.29 is 23.8 Å². The molecule has 2 aromatic carbocycles. The minimum Gasteiger partial charge on any atom is -0.461 e. The van der Waals surface area contributed by atoms with Crippen LogP contribution in [0.25, 0.3) is 0 Å². The van der Waals surface area contributed by atoms with Crippen molar-refractivity contribution in [3.8, 4) is 11.5 Å². The van der Waals surface area contributed by atoms with Gasteiger partial charge in [-0.2, -0.15) is 0 Å². The second-order valence-corrected chi connectivity index (χ2v) is 6.63. The third-order valence-corrected chi connectivity index (χ3v) is 4.37. The average molecular weight is 420 g/mol. The first kappa shape index (κ1) is 20.1. The highest BCUT2D eigenvalue weighted by atomic mass is 16.7. The number of rotatable bonds is 6. The molecule has 1 aliphatic heterocycles. The summed E-state index contributed by atoms with van der Waals surface area (Å²) in [6.07, 6.45) is 0. The van der Waals surface area contributed by atoms with Crippen molar-refractivity contribution in [3.05, 3.63) is 65.6 Å². The van der Waals surface area contributed by atoms with Crippen LogP contribution in [0.3, 0.4) is 0 Å². The lowest BCUT2D eigenvalue weighted by molar-refractivity contribution is 0.0519. The number of ether oxygens (including phenoxy) is 3. The maximum absolute atomic E-state index is 12.5. The summed E-state index contributed by atoms with van der Waals surface area (Å²) in [4.78, 5) is 32.8. The van der Waals surface area contributed by atoms with E-state index in [0.717, 1.165) is 5.69 Å². The van der Waals surface area contributed by atoms with Gasteiger partial charge in [-0.3, -0.25) is 4.79 Å². The minimum atomic E-state index is -0.502. The number of hydrogen-bond acceptors (Lipinski definition) is 8. The van der Waals surface area contributed by atoms with E-state index in [-0.39, 0.29) is 25.0 Å². The van der Waals surface area contributed by atoms with Crippen LogP contribution in [0.1, 0.15) is 33.6 Å². The number of carbonyl (C=O) groups excluding carboxylic acids is 2. The molecule has 0 unspecified atom stereocenters. The van der Waals surface area contributed by atoms with Gasteiger partial charge in [0.1, 0.15) is 11.6 Å². The van der Waals surface area contributed by atoms with E-state index < -0.39 is 5.97 Å². The molecule has 9 nitrogen and oxygen atoms in total. The second kappa shape index (κ2) is 8.70. The number of hydrogen-bond donors (Lipinski definition) is 2. The van der Waals surface area contributed by atoms with E-state index >= 15 is 0 Å². The quantitative estimate of drug-likeness (QED) is 0.581. The van der Waals surface area contributed by atoms with Crippen LogP contribution in [0.4, 0.5) is 17.2 Å². The monoisotopic (exact) mass is 420 g/mol. The zero-order valence-electron chi connectivity index (χ0n) is 17.0. The lowest BCUT2D eigenvalue weighted by atomic mass is 10.2. The van der Waals surface area contributed by atoms with Gasteiger partial charge in [-0.05, 0) is 56.3 Å². The van der Waals surface area contributed by atoms with E-state index in [9.17, 15) is 9.59 Å². The molecule has 1 amide bonds. The molecule has 0 bridgehead atoms. The Morgan fingerprint density at radius 3 is 2.52 bits per heavy atom. The number of amides is 1. The van der Waals surface area contributed by atoms with Gasteiger partial charge < -0.3 is 24.8 Å². The van der Waals surface area contributed by atoms with Crippen molar-refractivity contribution >= 4 is 29.1 Å². The molecular formula is C22H20N4O5. The van der Waals surface area contributed by atoms with E-state index in [1.54, 1.807) is 56.3 Å². The Morgan fingerprint density at radius 1 is 1.00 bits per heavy atom. The number of benzene rings is 2. The van der Waals surface area contributed by atoms with Gasteiger partial charge in [-0.15, -0.1) is 0 Å². The Morgan fingerprint density at radius 2 is 1.74 bits per heavy atom. The third kappa shape index (κ3) is 4.72. The Balaban J connectivity index is 1.43. The Labute approximate surface area is 178 Å². The smallest absolute Gasteiger partial charge is 0.357 e. The topological polar surface area (TPSA) is 112 Å². The number of anilines is 3. The summed E-state index contributed by atoms with van der Waals surface area (Å²) < 4.78 is 15.6. The first-order valence-corrected chi connectivity index (χ1v) is 9.62. The Hall–Kier alpha value is -4.14. The van der Waals surface area contributed by atoms with Gasteiger partial charge >= 0.3 is 5.97 Å². The van der Waals surface area contributed by atoms with Crippen molar-refractivity contribution in [2.24, 2.45) is 0 Å². The molecule has 0 atom stereocenters. The predicted octanol–water partition coefficient (Wildman–Crippen LogP) is 3.69. The maximum Gasteiger partial charge on any atom is 0.357 e. The molecule has 4 rings (SSSR count). The number of carbonyl (C=O) groups is 2. The molecule has 0 saturated heterocycles. The highest BCUT2D eigenvalue weighted by molar-refractivity contribution is 6.04. The fraction of sp³-hybridized carbons (Fsp3) is 0.182. The van der Waals surface area contributed by atoms with Crippen LogP contribution in [-0.2, 0) is 4.74 Å². The van der Waals surface area contributed by atoms with Gasteiger partial charge in [0.15, 0.2) is 17.2 Å². The molecule has 0 spiro atoms. The molecule has 158 valence electrons. The molecular weight excluding hydrogens is 400 g/mol. The molecule has 1 aliphatic rings. The summed E-state index contributed by atoms with van der Waals surface area (Å²) in [7, 11) is 0. The molecule has 1 aromatic heterocycles. The number of fused-ring (bicyclic) bond motifs is 1. The van der Waals surface area contributed by atoms with Gasteiger partial charge in [-0.25, -0.2) is 14.8 Å². The minimum absolute atomic E-state index is 0.155. The van der Waals surface area contributed by atoms with Gasteiger partial charge in [-0.1, -0.05) is 0 Å². The van der Waals surface area contributed by atoms with Crippen LogP contribution in [-0.4, -0.2) is 35.2 Å². The summed E-state index contributed by atoms with van der Waals surface area (Å²) >= 11 is 0. The van der Waals surface area contributed by atoms with Gasteiger partial charge in [0.2, 0.25) is 6.79 Å². The van der Waals surface area contributed by atoms with Gasteiger partial charge in [0.05, 0.1) is 6.61 Å². The lowest BCUT2D eigenvalue weighted by Crippen LogP contribution is -2.11. The van der Waals surface area contributed by atoms with E-state index in [1.165, 1.54) is 6.07 Å². The molecule has 0 fully saturated rings. The normalized spacial score (nSPS) is 11.7. The van der Waals surface area contributed by atoms with Crippen LogP contribution in [0.2, 0.25) is 0 Å². The van der Waals surface area contributed by atoms with Crippen LogP contribution in [0.15, 0.2) is 48.5 Å². The number of nitrogens with zero attached hydrogens (tertiary/aromatic N) is 2. The van der Waals surface area contributed by atoms with Crippen LogP contribution in [0, 0.1) is 6.92 Å². The highest BCUT2D eigenvalue weighted by Gasteiger charge is 2.16. The SMILES string of the molecule is CCOC(=O)c1cc(Nc2ccc(NC(=O)c3ccc4c(c3)OCO4)cc2)nc(C)n1. The fourth-order valence-corrected chi connectivity index (χ4v) is 2.97. The van der Waals surface area contributed by atoms with E-state index in [4.69, 9.17) is 14.2 Å². The number of aryl methyl sites for hydroxylation is 1. The Bertz CT molecular complexity index is 1130. The van der Waals surface area contributed by atoms with Crippen LogP contribution in [0.5, 0.6) is 11.5 Å². The van der Waals surface area contributed by atoms with Crippen molar-refractivity contribution in [1.29, 1.82) is 0 Å². The second-order valence-electron chi connectivity index (χ2n) is 6.63. The van der Waals surface area contributed by atoms with Crippen molar-refractivity contribution in [3.63, 3.8) is 0 Å². The summed E-state index contributed by atoms with van der Waals surface area (Å²) in [6.45, 7) is 3.85. The molecule has 2 heterocycles. The molecule has 0 aliphatic carbocycles. The first-order valence-electron chi connectivity index (χ1n) is 9.62. The number of nitrogens with one attached hydrogen (secondary N) is 2. The summed E-state index contributed by atoms with van der Waals surface area (Å²) in [5.41, 5.74) is 2.01. The third-order valence-electron chi connectivity index (χ3n) is 4.37. The van der Waals surface area contributed by atoms with Crippen LogP contribution < -0.4 is 20.1 Å². The summed E-state index contributed by atoms with van der Waals surface area (Å²) in [5, 5.41) is 5.96. The van der Waals surface area contributed by atoms with Crippen molar-refractivity contribution in [2.45, 2.75) is 13.8 Å². The number of aromatic nitrogens is 2. The first-order chi connectivity index (χ1) is 15.0. The van der Waals surface area contributed by atoms with E-state index in [1.807, 2.05) is 0 Å². The number of esters is 1. The molecule has 31 heavy (non-hydrogen) atoms. The molecule has 9 heteroatoms. The van der Waals surface area contributed by atoms with Crippen molar-refractivity contribution in [2.75, 3.05) is 24.0 Å². The zero-order chi connectivity index (χ0) is 21.8. The standard InChI is InChI=1S/C22H20N4O5/c1-3-29-22(28)17-11-20(24-13(2)23-17)25-15-5-7-16(8-6-15)26-21(27)14-4-9-18-19(10-14)31-12-30-18/h4-11H,3,12H2,1-2H3,(H,26,27)(H,23,24,25). The van der Waals surface area contributed by atoms with Crippen LogP contribution >= 0.6 is 0 Å². The van der Waals surface area contributed by atoms with Gasteiger partial charge in [0.25, 0.3) is 5.91 Å². The summed E-state index contributed by atoms with van der Waals surface area (Å²) in [6, 6.07) is 13.6. The fourth-order valence-electron chi connectivity index (χ4n) is 2.97. The molecule has 3 aromatic rings. The summed E-state index contributed by atoms with van der Waals surface area (Å²) in [5.74, 6) is 1.32. The lowest BCUT2D eigenvalue weighted by Gasteiger charge is -2.10. The van der Waals surface area contributed by atoms with Gasteiger partial charge in [0, 0.05) is 23.0 Å². The molecule has 2 N–H and O–H groups in total. The van der Waals surface area contributed by atoms with E-state index in [2.05, 4.69) is 20.6 Å². The molecule has 0 radical (unpaired) electrons. The average Bonchev–Trinajstić information content (AvgIpc) is 3.23. The van der Waals surface area contributed by atoms with Crippen molar-refractivity contribution in [1.82, 2.24) is 9.97 Å². The predicted molar refractivity (Wildman–Crippen MR) is 113 cm³/mol. The zero-order valence-corrected chi connectivity index (χ0v) is 17.0. The largest absolute Gasteiger partial charge is 0.461 e. The Kier molecular flexibility index (Phi) is 5.65.